The molecule has 0 spiro atoms. The maximum Gasteiger partial charge on any atom is 0.0546 e. The van der Waals surface area contributed by atoms with E-state index in [1.54, 1.807) is 0 Å². The topological polar surface area (TPSA) is 45.1 Å². The number of rotatable bonds is 2. The molecule has 0 radical (unpaired) electrons. The number of pyridine rings is 1. The van der Waals surface area contributed by atoms with E-state index in [9.17, 15) is 5.11 Å². The smallest absolute Gasteiger partial charge is 0.0546 e. The maximum atomic E-state index is 9.68. The molecule has 2 aliphatic rings. The van der Waals surface area contributed by atoms with Crippen LogP contribution in [0.4, 0.5) is 0 Å². The van der Waals surface area contributed by atoms with Crippen LogP contribution in [-0.4, -0.2) is 28.8 Å². The van der Waals surface area contributed by atoms with E-state index in [4.69, 9.17) is 0 Å². The van der Waals surface area contributed by atoms with Gasteiger partial charge in [-0.1, -0.05) is 0 Å². The number of hydrogen-bond donors (Lipinski definition) is 2. The zero-order valence-corrected chi connectivity index (χ0v) is 9.34. The van der Waals surface area contributed by atoms with Gasteiger partial charge in [-0.25, -0.2) is 0 Å². The van der Waals surface area contributed by atoms with E-state index in [1.807, 2.05) is 12.4 Å². The fraction of sp³-hybridized carbons (Fsp3) is 0.615. The van der Waals surface area contributed by atoms with E-state index >= 15 is 0 Å². The van der Waals surface area contributed by atoms with Crippen LogP contribution in [0, 0.1) is 11.8 Å². The predicted octanol–water partition coefficient (Wildman–Crippen LogP) is 0.983. The minimum absolute atomic E-state index is 0.0583. The summed E-state index contributed by atoms with van der Waals surface area (Å²) in [5.41, 5.74) is 1.34. The van der Waals surface area contributed by atoms with Gasteiger partial charge in [0.2, 0.25) is 0 Å². The Bertz CT molecular complexity index is 354. The molecule has 2 heterocycles. The molecule has 3 heteroatoms. The molecule has 0 amide bonds. The molecule has 3 rings (SSSR count). The first-order chi connectivity index (χ1) is 7.83. The molecule has 1 aromatic heterocycles. The third-order valence-corrected chi connectivity index (χ3v) is 4.09. The lowest BCUT2D eigenvalue weighted by Gasteiger charge is -2.18. The SMILES string of the molecule is OC1CC2CNC(Cc3ccncc3)C2C1. The lowest BCUT2D eigenvalue weighted by molar-refractivity contribution is 0.169. The second-order valence-electron chi connectivity index (χ2n) is 5.12. The standard InChI is InChI=1S/C13H18N2O/c16-11-6-10-8-15-13(12(10)7-11)5-9-1-3-14-4-2-9/h1-4,10-13,15-16H,5-8H2. The Morgan fingerprint density at radius 3 is 2.94 bits per heavy atom. The second kappa shape index (κ2) is 4.15. The summed E-state index contributed by atoms with van der Waals surface area (Å²) >= 11 is 0. The van der Waals surface area contributed by atoms with E-state index in [-0.39, 0.29) is 6.10 Å². The lowest BCUT2D eigenvalue weighted by atomic mass is 9.90. The Balaban J connectivity index is 1.68. The van der Waals surface area contributed by atoms with Gasteiger partial charge in [0.25, 0.3) is 0 Å². The summed E-state index contributed by atoms with van der Waals surface area (Å²) in [6, 6.07) is 4.71. The summed E-state index contributed by atoms with van der Waals surface area (Å²) in [6.07, 6.45) is 6.68. The van der Waals surface area contributed by atoms with Crippen molar-refractivity contribution in [1.29, 1.82) is 0 Å². The summed E-state index contributed by atoms with van der Waals surface area (Å²) in [7, 11) is 0. The average molecular weight is 218 g/mol. The van der Waals surface area contributed by atoms with Crippen LogP contribution in [0.1, 0.15) is 18.4 Å². The molecule has 16 heavy (non-hydrogen) atoms. The molecule has 1 aliphatic heterocycles. The normalized spacial score (nSPS) is 37.6. The number of aromatic nitrogens is 1. The van der Waals surface area contributed by atoms with Crippen molar-refractivity contribution in [2.24, 2.45) is 11.8 Å². The Morgan fingerprint density at radius 1 is 1.31 bits per heavy atom. The van der Waals surface area contributed by atoms with Crippen LogP contribution in [0.3, 0.4) is 0 Å². The fourth-order valence-corrected chi connectivity index (χ4v) is 3.31. The summed E-state index contributed by atoms with van der Waals surface area (Å²) < 4.78 is 0. The Hall–Kier alpha value is -0.930. The van der Waals surface area contributed by atoms with Gasteiger partial charge in [-0.3, -0.25) is 4.98 Å². The summed E-state index contributed by atoms with van der Waals surface area (Å²) in [5, 5.41) is 13.3. The van der Waals surface area contributed by atoms with Gasteiger partial charge in [0, 0.05) is 18.4 Å². The highest BCUT2D eigenvalue weighted by atomic mass is 16.3. The van der Waals surface area contributed by atoms with Crippen molar-refractivity contribution >= 4 is 0 Å². The van der Waals surface area contributed by atoms with Crippen LogP contribution in [0.25, 0.3) is 0 Å². The van der Waals surface area contributed by atoms with Crippen LogP contribution in [0.5, 0.6) is 0 Å². The number of aliphatic hydroxyl groups excluding tert-OH is 1. The molecule has 1 saturated carbocycles. The number of aliphatic hydroxyl groups is 1. The number of nitrogens with one attached hydrogen (secondary N) is 1. The van der Waals surface area contributed by atoms with E-state index < -0.39 is 0 Å². The number of fused-ring (bicyclic) bond motifs is 1. The van der Waals surface area contributed by atoms with Gasteiger partial charge in [0.1, 0.15) is 0 Å². The van der Waals surface area contributed by atoms with Gasteiger partial charge in [-0.05, 0) is 55.3 Å². The molecule has 2 N–H and O–H groups in total. The molecule has 4 unspecified atom stereocenters. The Morgan fingerprint density at radius 2 is 2.12 bits per heavy atom. The largest absolute Gasteiger partial charge is 0.393 e. The monoisotopic (exact) mass is 218 g/mol. The van der Waals surface area contributed by atoms with Crippen molar-refractivity contribution in [3.8, 4) is 0 Å². The van der Waals surface area contributed by atoms with Crippen molar-refractivity contribution in [1.82, 2.24) is 10.3 Å². The predicted molar refractivity (Wildman–Crippen MR) is 62.0 cm³/mol. The minimum atomic E-state index is -0.0583. The molecule has 3 nitrogen and oxygen atoms in total. The fourth-order valence-electron chi connectivity index (χ4n) is 3.31. The first kappa shape index (κ1) is 10.2. The molecule has 0 bridgehead atoms. The van der Waals surface area contributed by atoms with Crippen molar-refractivity contribution < 1.29 is 5.11 Å². The molecular formula is C13H18N2O. The summed E-state index contributed by atoms with van der Waals surface area (Å²) in [4.78, 5) is 4.04. The van der Waals surface area contributed by atoms with E-state index in [2.05, 4.69) is 22.4 Å². The molecule has 4 atom stereocenters. The van der Waals surface area contributed by atoms with Crippen LogP contribution >= 0.6 is 0 Å². The minimum Gasteiger partial charge on any atom is -0.393 e. The van der Waals surface area contributed by atoms with Gasteiger partial charge in [0.05, 0.1) is 6.10 Å². The Kier molecular flexibility index (Phi) is 2.65. The first-order valence-electron chi connectivity index (χ1n) is 6.13. The lowest BCUT2D eigenvalue weighted by Crippen LogP contribution is -2.30. The van der Waals surface area contributed by atoms with Gasteiger partial charge in [-0.2, -0.15) is 0 Å². The highest BCUT2D eigenvalue weighted by Crippen LogP contribution is 2.38. The highest BCUT2D eigenvalue weighted by Gasteiger charge is 2.42. The third-order valence-electron chi connectivity index (χ3n) is 4.09. The van der Waals surface area contributed by atoms with E-state index in [0.717, 1.165) is 25.8 Å². The summed E-state index contributed by atoms with van der Waals surface area (Å²) in [6.45, 7) is 1.08. The molecule has 86 valence electrons. The van der Waals surface area contributed by atoms with Crippen molar-refractivity contribution in [3.63, 3.8) is 0 Å². The molecular weight excluding hydrogens is 200 g/mol. The van der Waals surface area contributed by atoms with Gasteiger partial charge in [0.15, 0.2) is 0 Å². The molecule has 2 fully saturated rings. The van der Waals surface area contributed by atoms with Gasteiger partial charge >= 0.3 is 0 Å². The van der Waals surface area contributed by atoms with E-state index in [0.29, 0.717) is 17.9 Å². The molecule has 0 aromatic carbocycles. The van der Waals surface area contributed by atoms with Gasteiger partial charge < -0.3 is 10.4 Å². The zero-order chi connectivity index (χ0) is 11.0. The zero-order valence-electron chi connectivity index (χ0n) is 9.34. The maximum absolute atomic E-state index is 9.68. The van der Waals surface area contributed by atoms with Crippen LogP contribution < -0.4 is 5.32 Å². The number of nitrogens with zero attached hydrogens (tertiary/aromatic N) is 1. The summed E-state index contributed by atoms with van der Waals surface area (Å²) in [5.74, 6) is 1.37. The van der Waals surface area contributed by atoms with Crippen LogP contribution in [0.2, 0.25) is 0 Å². The average Bonchev–Trinajstić information content (AvgIpc) is 2.81. The third kappa shape index (κ3) is 1.85. The quantitative estimate of drug-likeness (QED) is 0.778. The van der Waals surface area contributed by atoms with Crippen LogP contribution in [0.15, 0.2) is 24.5 Å². The number of hydrogen-bond acceptors (Lipinski definition) is 3. The molecule has 1 aliphatic carbocycles. The van der Waals surface area contributed by atoms with Gasteiger partial charge in [-0.15, -0.1) is 0 Å². The van der Waals surface area contributed by atoms with Crippen molar-refractivity contribution in [2.75, 3.05) is 6.54 Å². The second-order valence-corrected chi connectivity index (χ2v) is 5.12. The van der Waals surface area contributed by atoms with Crippen molar-refractivity contribution in [3.05, 3.63) is 30.1 Å². The van der Waals surface area contributed by atoms with E-state index in [1.165, 1.54) is 5.56 Å². The van der Waals surface area contributed by atoms with Crippen LogP contribution in [-0.2, 0) is 6.42 Å². The Labute approximate surface area is 95.9 Å². The first-order valence-corrected chi connectivity index (χ1v) is 6.13. The van der Waals surface area contributed by atoms with Crippen molar-refractivity contribution in [2.45, 2.75) is 31.4 Å². The highest BCUT2D eigenvalue weighted by molar-refractivity contribution is 5.13. The molecule has 1 saturated heterocycles. The molecule has 1 aromatic rings.